The standard InChI is InChI=1S/C10H12Cl2N2O2S.C9H10ClN3O2S/c1-7-4-5-14(6-7)17(15,16)8-2-3-9(11)13-10(8)12;10-8-2-1-7-9(12-8)11-6-3-4-13(5-6)16(7,14)15/h2-3,7H,4-6H2,1H3;1-2,6H,3-5H2,(H,11,12)/t7-;6-/m00/s1. The van der Waals surface area contributed by atoms with Gasteiger partial charge in [-0.2, -0.15) is 8.61 Å². The molecule has 0 aromatic carbocycles. The van der Waals surface area contributed by atoms with Crippen LogP contribution in [0.25, 0.3) is 0 Å². The Kier molecular flexibility index (Phi) is 7.13. The highest BCUT2D eigenvalue weighted by atomic mass is 35.5. The number of hydrogen-bond donors (Lipinski definition) is 1. The fraction of sp³-hybridized carbons (Fsp3) is 0.474. The fourth-order valence-electron chi connectivity index (χ4n) is 3.97. The Balaban J connectivity index is 0.000000157. The Hall–Kier alpha value is -1.21. The van der Waals surface area contributed by atoms with Crippen molar-refractivity contribution in [3.63, 3.8) is 0 Å². The molecule has 1 unspecified atom stereocenters. The van der Waals surface area contributed by atoms with Gasteiger partial charge in [-0.25, -0.2) is 26.8 Å². The Labute approximate surface area is 208 Å². The van der Waals surface area contributed by atoms with Crippen LogP contribution in [-0.4, -0.2) is 67.6 Å². The number of sulfonamides is 2. The van der Waals surface area contributed by atoms with Gasteiger partial charge in [0.1, 0.15) is 25.9 Å². The number of fused-ring (bicyclic) bond motifs is 3. The van der Waals surface area contributed by atoms with Crippen LogP contribution in [0.15, 0.2) is 34.1 Å². The van der Waals surface area contributed by atoms with E-state index in [0.29, 0.717) is 43.1 Å². The Morgan fingerprint density at radius 2 is 1.70 bits per heavy atom. The van der Waals surface area contributed by atoms with Crippen molar-refractivity contribution in [2.24, 2.45) is 5.92 Å². The molecule has 2 aromatic rings. The lowest BCUT2D eigenvalue weighted by Crippen LogP contribution is -2.29. The van der Waals surface area contributed by atoms with Crippen molar-refractivity contribution in [3.8, 4) is 0 Å². The number of hydrogen-bond acceptors (Lipinski definition) is 7. The molecule has 5 rings (SSSR count). The molecule has 0 spiro atoms. The third kappa shape index (κ3) is 5.09. The highest BCUT2D eigenvalue weighted by molar-refractivity contribution is 7.89. The van der Waals surface area contributed by atoms with E-state index in [0.717, 1.165) is 12.8 Å². The molecule has 2 bridgehead atoms. The molecule has 0 saturated carbocycles. The molecule has 14 heteroatoms. The maximum atomic E-state index is 12.3. The fourth-order valence-corrected chi connectivity index (χ4v) is 7.92. The van der Waals surface area contributed by atoms with Gasteiger partial charge in [-0.3, -0.25) is 0 Å². The summed E-state index contributed by atoms with van der Waals surface area (Å²) in [6.45, 7) is 4.17. The minimum Gasteiger partial charge on any atom is -0.365 e. The van der Waals surface area contributed by atoms with Crippen molar-refractivity contribution in [2.45, 2.75) is 35.6 Å². The summed E-state index contributed by atoms with van der Waals surface area (Å²) in [7, 11) is -6.93. The molecular weight excluding hydrogens is 533 g/mol. The van der Waals surface area contributed by atoms with Gasteiger partial charge in [0.25, 0.3) is 0 Å². The third-order valence-corrected chi connectivity index (χ3v) is 10.3. The molecule has 0 aliphatic carbocycles. The summed E-state index contributed by atoms with van der Waals surface area (Å²) >= 11 is 17.2. The summed E-state index contributed by atoms with van der Waals surface area (Å²) in [5, 5.41) is 3.54. The predicted molar refractivity (Wildman–Crippen MR) is 127 cm³/mol. The Morgan fingerprint density at radius 1 is 1.00 bits per heavy atom. The van der Waals surface area contributed by atoms with Crippen molar-refractivity contribution in [2.75, 3.05) is 31.5 Å². The highest BCUT2D eigenvalue weighted by Gasteiger charge is 2.38. The second-order valence-electron chi connectivity index (χ2n) is 8.15. The van der Waals surface area contributed by atoms with Crippen LogP contribution in [0.3, 0.4) is 0 Å². The van der Waals surface area contributed by atoms with E-state index in [1.807, 2.05) is 6.92 Å². The molecular formula is C19H22Cl3N5O4S2. The first kappa shape index (κ1) is 24.9. The molecule has 0 amide bonds. The van der Waals surface area contributed by atoms with Crippen molar-refractivity contribution in [1.29, 1.82) is 0 Å². The van der Waals surface area contributed by atoms with E-state index in [1.165, 1.54) is 32.9 Å². The highest BCUT2D eigenvalue weighted by Crippen LogP contribution is 2.32. The van der Waals surface area contributed by atoms with Crippen LogP contribution < -0.4 is 5.32 Å². The van der Waals surface area contributed by atoms with Crippen molar-refractivity contribution in [1.82, 2.24) is 18.6 Å². The number of nitrogens with one attached hydrogen (secondary N) is 1. The Morgan fingerprint density at radius 3 is 2.36 bits per heavy atom. The molecule has 33 heavy (non-hydrogen) atoms. The number of pyridine rings is 2. The monoisotopic (exact) mass is 553 g/mol. The first-order valence-electron chi connectivity index (χ1n) is 10.2. The van der Waals surface area contributed by atoms with E-state index < -0.39 is 20.0 Å². The number of rotatable bonds is 2. The molecule has 5 heterocycles. The van der Waals surface area contributed by atoms with Gasteiger partial charge in [-0.05, 0) is 43.0 Å². The van der Waals surface area contributed by atoms with Crippen LogP contribution in [0.2, 0.25) is 15.5 Å². The predicted octanol–water partition coefficient (Wildman–Crippen LogP) is 3.34. The quantitative estimate of drug-likeness (QED) is 0.567. The van der Waals surface area contributed by atoms with Gasteiger partial charge in [-0.15, -0.1) is 0 Å². The molecule has 2 aromatic heterocycles. The van der Waals surface area contributed by atoms with E-state index in [-0.39, 0.29) is 26.1 Å². The van der Waals surface area contributed by atoms with Gasteiger partial charge >= 0.3 is 0 Å². The maximum absolute atomic E-state index is 12.3. The van der Waals surface area contributed by atoms with Crippen LogP contribution in [0.1, 0.15) is 19.8 Å². The summed E-state index contributed by atoms with van der Waals surface area (Å²) in [5.41, 5.74) is 0. The molecule has 9 nitrogen and oxygen atoms in total. The molecule has 2 fully saturated rings. The number of nitrogens with zero attached hydrogens (tertiary/aromatic N) is 4. The Bertz CT molecular complexity index is 1280. The average Bonchev–Trinajstić information content (AvgIpc) is 3.36. The minimum atomic E-state index is -3.54. The zero-order chi connectivity index (χ0) is 24.0. The number of halogens is 3. The van der Waals surface area contributed by atoms with Crippen LogP contribution in [0, 0.1) is 5.92 Å². The van der Waals surface area contributed by atoms with Crippen LogP contribution in [0.4, 0.5) is 5.82 Å². The molecule has 3 aliphatic heterocycles. The zero-order valence-corrected chi connectivity index (χ0v) is 21.5. The van der Waals surface area contributed by atoms with Gasteiger partial charge < -0.3 is 5.32 Å². The lowest BCUT2D eigenvalue weighted by Gasteiger charge is -2.16. The normalized spacial score (nSPS) is 26.0. The topological polar surface area (TPSA) is 113 Å². The summed E-state index contributed by atoms with van der Waals surface area (Å²) in [6, 6.07) is 5.98. The van der Waals surface area contributed by atoms with E-state index in [2.05, 4.69) is 15.3 Å². The van der Waals surface area contributed by atoms with Gasteiger partial charge in [-0.1, -0.05) is 41.7 Å². The van der Waals surface area contributed by atoms with Crippen molar-refractivity contribution < 1.29 is 16.8 Å². The molecule has 180 valence electrons. The SMILES string of the molecule is C[C@H]1CCN(S(=O)(=O)c2ccc(Cl)nc2Cl)C1.O=S1(=O)c2ccc(Cl)nc2N[C@H]2CCN1C2. The average molecular weight is 555 g/mol. The molecule has 3 atom stereocenters. The van der Waals surface area contributed by atoms with Crippen LogP contribution in [0.5, 0.6) is 0 Å². The second-order valence-corrected chi connectivity index (χ2v) is 13.1. The summed E-state index contributed by atoms with van der Waals surface area (Å²) in [5.74, 6) is 0.753. The maximum Gasteiger partial charge on any atom is 0.246 e. The van der Waals surface area contributed by atoms with Crippen molar-refractivity contribution in [3.05, 3.63) is 39.7 Å². The zero-order valence-electron chi connectivity index (χ0n) is 17.6. The van der Waals surface area contributed by atoms with Gasteiger partial charge in [0.2, 0.25) is 20.0 Å². The first-order chi connectivity index (χ1) is 15.5. The van der Waals surface area contributed by atoms with Gasteiger partial charge in [0.15, 0.2) is 5.15 Å². The smallest absolute Gasteiger partial charge is 0.246 e. The number of anilines is 1. The van der Waals surface area contributed by atoms with Gasteiger partial charge in [0.05, 0.1) is 0 Å². The summed E-state index contributed by atoms with van der Waals surface area (Å²) in [4.78, 5) is 8.04. The molecule has 2 saturated heterocycles. The first-order valence-corrected chi connectivity index (χ1v) is 14.3. The summed E-state index contributed by atoms with van der Waals surface area (Å²) in [6.07, 6.45) is 1.69. The summed E-state index contributed by atoms with van der Waals surface area (Å²) < 4.78 is 51.9. The number of aromatic nitrogens is 2. The molecule has 1 N–H and O–H groups in total. The van der Waals surface area contributed by atoms with Gasteiger partial charge in [0, 0.05) is 32.2 Å². The minimum absolute atomic E-state index is 0.0256. The van der Waals surface area contributed by atoms with E-state index in [1.54, 1.807) is 0 Å². The second kappa shape index (κ2) is 9.44. The third-order valence-electron chi connectivity index (χ3n) is 5.72. The van der Waals surface area contributed by atoms with Crippen molar-refractivity contribution >= 4 is 60.7 Å². The largest absolute Gasteiger partial charge is 0.365 e. The van der Waals surface area contributed by atoms with E-state index >= 15 is 0 Å². The lowest BCUT2D eigenvalue weighted by atomic mass is 10.2. The molecule has 0 radical (unpaired) electrons. The lowest BCUT2D eigenvalue weighted by molar-refractivity contribution is 0.464. The van der Waals surface area contributed by atoms with E-state index in [4.69, 9.17) is 34.8 Å². The van der Waals surface area contributed by atoms with Crippen LogP contribution in [-0.2, 0) is 20.0 Å². The molecule has 3 aliphatic rings. The van der Waals surface area contributed by atoms with E-state index in [9.17, 15) is 16.8 Å². The van der Waals surface area contributed by atoms with Crippen LogP contribution >= 0.6 is 34.8 Å².